The number of amides is 1. The number of H-pyrrole nitrogens is 1. The summed E-state index contributed by atoms with van der Waals surface area (Å²) in [6.45, 7) is 2.28. The highest BCUT2D eigenvalue weighted by Gasteiger charge is 2.39. The van der Waals surface area contributed by atoms with E-state index in [4.69, 9.17) is 4.84 Å². The number of rotatable bonds is 11. The topological polar surface area (TPSA) is 64.2 Å². The minimum atomic E-state index is -5.07. The predicted molar refractivity (Wildman–Crippen MR) is 172 cm³/mol. The number of carbonyl (C=O) groups excluding carboxylic acids is 1. The summed E-state index contributed by atoms with van der Waals surface area (Å²) in [6, 6.07) is 17.5. The summed E-state index contributed by atoms with van der Waals surface area (Å²) in [5, 5.41) is 5.37. The summed E-state index contributed by atoms with van der Waals surface area (Å²) < 4.78 is 82.0. The number of nitrogens with one attached hydrogen (secondary N) is 1. The first-order valence-electron chi connectivity index (χ1n) is 15.6. The van der Waals surface area contributed by atoms with E-state index in [0.29, 0.717) is 50.5 Å². The minimum absolute atomic E-state index is 0.0329. The second-order valence-corrected chi connectivity index (χ2v) is 12.1. The lowest BCUT2D eigenvalue weighted by Crippen LogP contribution is -2.56. The molecule has 2 heterocycles. The van der Waals surface area contributed by atoms with Crippen molar-refractivity contribution in [2.45, 2.75) is 31.2 Å². The molecule has 48 heavy (non-hydrogen) atoms. The number of halogens is 6. The van der Waals surface area contributed by atoms with Crippen LogP contribution in [0.15, 0.2) is 84.1 Å². The quantitative estimate of drug-likeness (QED) is 0.0811. The maximum Gasteiger partial charge on any atom is 0.416 e. The summed E-state index contributed by atoms with van der Waals surface area (Å²) in [6.07, 6.45) is -7.23. The van der Waals surface area contributed by atoms with Gasteiger partial charge in [0.1, 0.15) is 12.3 Å². The lowest BCUT2D eigenvalue weighted by atomic mass is 9.98. The first-order valence-corrected chi connectivity index (χ1v) is 15.6. The van der Waals surface area contributed by atoms with Crippen molar-refractivity contribution in [3.05, 3.63) is 107 Å². The van der Waals surface area contributed by atoms with E-state index in [1.54, 1.807) is 0 Å². The number of hydrogen-bond acceptors (Lipinski definition) is 5. The van der Waals surface area contributed by atoms with Gasteiger partial charge in [-0.3, -0.25) is 9.69 Å². The Morgan fingerprint density at radius 1 is 0.917 bits per heavy atom. The molecule has 1 amide bonds. The standard InChI is InChI=1S/C35H37F6N5O2/c1-44(2)13-8-16-48-43-32(24-9-4-3-5-10-24)23-45-14-15-46(29(22-45)19-26-21-42-31-12-7-6-11-30(26)31)33(47)25-17-27(34(36,37)38)20-28(18-25)35(39,40)41/h3-7,9-12,17-18,20-21,29,42H,8,13-16,19,22-23H2,1-2H3/t29-/m1/s1. The van der Waals surface area contributed by atoms with Crippen molar-refractivity contribution >= 4 is 22.5 Å². The second kappa shape index (κ2) is 14.8. The maximum absolute atomic E-state index is 13.9. The van der Waals surface area contributed by atoms with Crippen LogP contribution in [0.1, 0.15) is 39.0 Å². The molecular formula is C35H37F6N5O2. The van der Waals surface area contributed by atoms with Crippen LogP contribution in [0.25, 0.3) is 10.9 Å². The van der Waals surface area contributed by atoms with Crippen molar-refractivity contribution in [1.82, 2.24) is 19.7 Å². The van der Waals surface area contributed by atoms with Gasteiger partial charge in [0.2, 0.25) is 0 Å². The molecule has 1 aliphatic rings. The SMILES string of the molecule is CN(C)CCCON=C(CN1CCN(C(=O)c2cc(C(F)(F)F)cc(C(F)(F)F)c2)[C@H](Cc2c[nH]c3ccccc23)C1)c1ccccc1. The van der Waals surface area contributed by atoms with Crippen LogP contribution in [0.3, 0.4) is 0 Å². The van der Waals surface area contributed by atoms with Gasteiger partial charge in [0, 0.05) is 67.0 Å². The molecule has 0 unspecified atom stereocenters. The normalized spacial score (nSPS) is 16.6. The van der Waals surface area contributed by atoms with Crippen LogP contribution in [-0.4, -0.2) is 90.8 Å². The van der Waals surface area contributed by atoms with Gasteiger partial charge in [0.05, 0.1) is 11.1 Å². The molecule has 1 aromatic heterocycles. The third-order valence-corrected chi connectivity index (χ3v) is 8.29. The maximum atomic E-state index is 13.9. The van der Waals surface area contributed by atoms with Gasteiger partial charge >= 0.3 is 12.4 Å². The summed E-state index contributed by atoms with van der Waals surface area (Å²) >= 11 is 0. The van der Waals surface area contributed by atoms with Crippen LogP contribution in [0.4, 0.5) is 26.3 Å². The molecule has 0 aliphatic carbocycles. The number of nitrogens with zero attached hydrogens (tertiary/aromatic N) is 4. The van der Waals surface area contributed by atoms with Crippen molar-refractivity contribution < 1.29 is 36.0 Å². The van der Waals surface area contributed by atoms with Crippen LogP contribution in [-0.2, 0) is 23.6 Å². The second-order valence-electron chi connectivity index (χ2n) is 12.1. The van der Waals surface area contributed by atoms with Crippen LogP contribution >= 0.6 is 0 Å². The molecule has 0 bridgehead atoms. The highest BCUT2D eigenvalue weighted by molar-refractivity contribution is 6.01. The van der Waals surface area contributed by atoms with E-state index in [2.05, 4.69) is 15.0 Å². The molecule has 13 heteroatoms. The highest BCUT2D eigenvalue weighted by Crippen LogP contribution is 2.37. The number of aromatic amines is 1. The Kier molecular flexibility index (Phi) is 10.8. The van der Waals surface area contributed by atoms with Crippen LogP contribution in [0.2, 0.25) is 0 Å². The van der Waals surface area contributed by atoms with E-state index in [1.165, 1.54) is 4.90 Å². The number of benzene rings is 3. The predicted octanol–water partition coefficient (Wildman–Crippen LogP) is 6.95. The third kappa shape index (κ3) is 8.75. The molecule has 3 aromatic carbocycles. The van der Waals surface area contributed by atoms with Gasteiger partial charge in [-0.15, -0.1) is 0 Å². The molecule has 256 valence electrons. The van der Waals surface area contributed by atoms with E-state index in [0.717, 1.165) is 35.0 Å². The monoisotopic (exact) mass is 673 g/mol. The zero-order valence-corrected chi connectivity index (χ0v) is 26.6. The van der Waals surface area contributed by atoms with Gasteiger partial charge in [-0.05, 0) is 56.8 Å². The van der Waals surface area contributed by atoms with Gasteiger partial charge in [-0.25, -0.2) is 0 Å². The molecule has 1 atom stereocenters. The Hall–Kier alpha value is -4.36. The lowest BCUT2D eigenvalue weighted by Gasteiger charge is -2.42. The molecule has 0 spiro atoms. The Morgan fingerprint density at radius 3 is 2.25 bits per heavy atom. The van der Waals surface area contributed by atoms with Crippen molar-refractivity contribution in [3.8, 4) is 0 Å². The Bertz CT molecular complexity index is 1690. The number of oxime groups is 1. The molecule has 5 rings (SSSR count). The van der Waals surface area contributed by atoms with Gasteiger partial charge in [0.15, 0.2) is 0 Å². The van der Waals surface area contributed by atoms with Gasteiger partial charge in [-0.2, -0.15) is 26.3 Å². The van der Waals surface area contributed by atoms with Crippen molar-refractivity contribution in [3.63, 3.8) is 0 Å². The number of alkyl halides is 6. The lowest BCUT2D eigenvalue weighted by molar-refractivity contribution is -0.143. The first-order chi connectivity index (χ1) is 22.8. The van der Waals surface area contributed by atoms with E-state index in [1.807, 2.05) is 79.8 Å². The van der Waals surface area contributed by atoms with Crippen LogP contribution in [0.5, 0.6) is 0 Å². The number of para-hydroxylation sites is 1. The summed E-state index contributed by atoms with van der Waals surface area (Å²) in [5.41, 5.74) is -0.456. The summed E-state index contributed by atoms with van der Waals surface area (Å²) in [5.74, 6) is -0.891. The average Bonchev–Trinajstić information content (AvgIpc) is 3.45. The molecule has 1 saturated heterocycles. The van der Waals surface area contributed by atoms with Crippen LogP contribution in [0, 0.1) is 0 Å². The number of carbonyl (C=O) groups is 1. The van der Waals surface area contributed by atoms with E-state index in [9.17, 15) is 31.1 Å². The molecule has 4 aromatic rings. The van der Waals surface area contributed by atoms with E-state index >= 15 is 0 Å². The summed E-state index contributed by atoms with van der Waals surface area (Å²) in [7, 11) is 3.94. The van der Waals surface area contributed by atoms with Crippen molar-refractivity contribution in [2.24, 2.45) is 5.16 Å². The molecular weight excluding hydrogens is 636 g/mol. The van der Waals surface area contributed by atoms with Crippen molar-refractivity contribution in [2.75, 3.05) is 53.4 Å². The number of hydrogen-bond donors (Lipinski definition) is 1. The number of fused-ring (bicyclic) bond motifs is 1. The highest BCUT2D eigenvalue weighted by atomic mass is 19.4. The average molecular weight is 674 g/mol. The molecule has 0 saturated carbocycles. The largest absolute Gasteiger partial charge is 0.416 e. The molecule has 1 N–H and O–H groups in total. The Morgan fingerprint density at radius 2 is 1.58 bits per heavy atom. The van der Waals surface area contributed by atoms with Gasteiger partial charge in [0.25, 0.3) is 5.91 Å². The fourth-order valence-corrected chi connectivity index (χ4v) is 5.89. The van der Waals surface area contributed by atoms with Crippen LogP contribution < -0.4 is 0 Å². The van der Waals surface area contributed by atoms with E-state index < -0.39 is 41.0 Å². The fraction of sp³-hybridized carbons (Fsp3) is 0.371. The summed E-state index contributed by atoms with van der Waals surface area (Å²) in [4.78, 5) is 28.3. The van der Waals surface area contributed by atoms with Gasteiger partial charge < -0.3 is 19.6 Å². The Labute approximate surface area is 274 Å². The zero-order valence-electron chi connectivity index (χ0n) is 26.6. The molecule has 7 nitrogen and oxygen atoms in total. The van der Waals surface area contributed by atoms with Crippen molar-refractivity contribution in [1.29, 1.82) is 0 Å². The zero-order chi connectivity index (χ0) is 34.5. The van der Waals surface area contributed by atoms with E-state index in [-0.39, 0.29) is 12.6 Å². The Balaban J connectivity index is 1.44. The fourth-order valence-electron chi connectivity index (χ4n) is 5.89. The van der Waals surface area contributed by atoms with Gasteiger partial charge in [-0.1, -0.05) is 53.7 Å². The smallest absolute Gasteiger partial charge is 0.395 e. The molecule has 0 radical (unpaired) electrons. The third-order valence-electron chi connectivity index (χ3n) is 8.29. The first kappa shape index (κ1) is 35.0. The molecule has 1 fully saturated rings. The minimum Gasteiger partial charge on any atom is -0.395 e. The number of piperazine rings is 1. The molecule has 1 aliphatic heterocycles. The number of aromatic nitrogens is 1.